The minimum absolute atomic E-state index is 0.0633. The van der Waals surface area contributed by atoms with Gasteiger partial charge in [-0.25, -0.2) is 9.67 Å². The molecule has 0 atom stereocenters. The summed E-state index contributed by atoms with van der Waals surface area (Å²) < 4.78 is 19.0. The molecule has 1 fully saturated rings. The number of nitrogens with zero attached hydrogens (tertiary/aromatic N) is 6. The fraction of sp³-hybridized carbons (Fsp3) is 0.391. The number of para-hydroxylation sites is 1. The van der Waals surface area contributed by atoms with E-state index in [0.717, 1.165) is 35.4 Å². The van der Waals surface area contributed by atoms with E-state index in [4.69, 9.17) is 19.2 Å². The average Bonchev–Trinajstić information content (AvgIpc) is 3.49. The first-order chi connectivity index (χ1) is 16.7. The first-order valence-corrected chi connectivity index (χ1v) is 11.9. The summed E-state index contributed by atoms with van der Waals surface area (Å²) >= 11 is 1.42. The van der Waals surface area contributed by atoms with Crippen LogP contribution in [-0.2, 0) is 16.1 Å². The van der Waals surface area contributed by atoms with Crippen LogP contribution in [0.2, 0.25) is 0 Å². The summed E-state index contributed by atoms with van der Waals surface area (Å²) in [5, 5.41) is 8.97. The molecule has 178 valence electrons. The number of morpholine rings is 1. The molecule has 1 aliphatic rings. The third-order valence-corrected chi connectivity index (χ3v) is 6.97. The molecule has 5 rings (SSSR count). The standard InChI is InChI=1S/C23H26N6O4S/c1-31-18-7-8-19(32-2)22-21(18)24-23(34-22)28(10-9-27-11-13-33-14-12-27)20(30)15-29-17-6-4-3-5-16(17)25-26-29/h3-8H,9-15H2,1-2H3. The van der Waals surface area contributed by atoms with Gasteiger partial charge in [-0.05, 0) is 24.3 Å². The number of hydrogen-bond acceptors (Lipinski definition) is 9. The van der Waals surface area contributed by atoms with E-state index < -0.39 is 0 Å². The molecule has 11 heteroatoms. The number of benzene rings is 2. The van der Waals surface area contributed by atoms with Gasteiger partial charge >= 0.3 is 0 Å². The summed E-state index contributed by atoms with van der Waals surface area (Å²) in [7, 11) is 3.23. The van der Waals surface area contributed by atoms with E-state index in [0.29, 0.717) is 41.9 Å². The van der Waals surface area contributed by atoms with Crippen molar-refractivity contribution in [1.82, 2.24) is 24.9 Å². The number of aromatic nitrogens is 4. The number of methoxy groups -OCH3 is 2. The van der Waals surface area contributed by atoms with Gasteiger partial charge in [-0.15, -0.1) is 5.10 Å². The maximum absolute atomic E-state index is 13.6. The molecule has 0 N–H and O–H groups in total. The van der Waals surface area contributed by atoms with Crippen LogP contribution in [0.4, 0.5) is 5.13 Å². The summed E-state index contributed by atoms with van der Waals surface area (Å²) in [6.45, 7) is 4.37. The predicted octanol–water partition coefficient (Wildman–Crippen LogP) is 2.42. The van der Waals surface area contributed by atoms with E-state index in [1.165, 1.54) is 11.3 Å². The van der Waals surface area contributed by atoms with Crippen LogP contribution in [0.5, 0.6) is 11.5 Å². The van der Waals surface area contributed by atoms with Crippen LogP contribution in [0.1, 0.15) is 0 Å². The number of thiazole rings is 1. The van der Waals surface area contributed by atoms with Crippen LogP contribution >= 0.6 is 11.3 Å². The molecule has 2 aromatic carbocycles. The van der Waals surface area contributed by atoms with Gasteiger partial charge in [0.05, 0.1) is 33.0 Å². The highest BCUT2D eigenvalue weighted by atomic mass is 32.1. The maximum Gasteiger partial charge on any atom is 0.250 e. The summed E-state index contributed by atoms with van der Waals surface area (Å²) in [5.41, 5.74) is 2.25. The Balaban J connectivity index is 1.48. The second-order valence-electron chi connectivity index (χ2n) is 7.88. The van der Waals surface area contributed by atoms with Gasteiger partial charge in [0.2, 0.25) is 0 Å². The molecule has 10 nitrogen and oxygen atoms in total. The van der Waals surface area contributed by atoms with Gasteiger partial charge < -0.3 is 14.2 Å². The lowest BCUT2D eigenvalue weighted by atomic mass is 10.3. The Morgan fingerprint density at radius 1 is 1.12 bits per heavy atom. The fourth-order valence-electron chi connectivity index (χ4n) is 4.03. The smallest absolute Gasteiger partial charge is 0.250 e. The maximum atomic E-state index is 13.6. The second kappa shape index (κ2) is 9.92. The largest absolute Gasteiger partial charge is 0.495 e. The Labute approximate surface area is 200 Å². The van der Waals surface area contributed by atoms with Gasteiger partial charge in [-0.1, -0.05) is 28.7 Å². The number of rotatable bonds is 8. The lowest BCUT2D eigenvalue weighted by molar-refractivity contribution is -0.119. The molecular weight excluding hydrogens is 456 g/mol. The summed E-state index contributed by atoms with van der Waals surface area (Å²) in [5.74, 6) is 1.23. The molecule has 0 unspecified atom stereocenters. The Bertz CT molecular complexity index is 1260. The van der Waals surface area contributed by atoms with E-state index in [-0.39, 0.29) is 12.5 Å². The highest BCUT2D eigenvalue weighted by Crippen LogP contribution is 2.40. The summed E-state index contributed by atoms with van der Waals surface area (Å²) in [6, 6.07) is 11.3. The lowest BCUT2D eigenvalue weighted by Gasteiger charge is -2.29. The van der Waals surface area contributed by atoms with E-state index in [9.17, 15) is 4.79 Å². The Kier molecular flexibility index (Phi) is 6.57. The van der Waals surface area contributed by atoms with E-state index in [1.54, 1.807) is 23.8 Å². The van der Waals surface area contributed by atoms with Crippen LogP contribution in [0.25, 0.3) is 21.3 Å². The van der Waals surface area contributed by atoms with Gasteiger partial charge in [0, 0.05) is 26.2 Å². The average molecular weight is 483 g/mol. The second-order valence-corrected chi connectivity index (χ2v) is 8.86. The van der Waals surface area contributed by atoms with Crippen molar-refractivity contribution >= 4 is 43.6 Å². The van der Waals surface area contributed by atoms with Crippen molar-refractivity contribution in [3.05, 3.63) is 36.4 Å². The third-order valence-electron chi connectivity index (χ3n) is 5.88. The number of carbonyl (C=O) groups excluding carboxylic acids is 1. The highest BCUT2D eigenvalue weighted by molar-refractivity contribution is 7.22. The van der Waals surface area contributed by atoms with Crippen LogP contribution in [0.15, 0.2) is 36.4 Å². The molecule has 0 aliphatic carbocycles. The first-order valence-electron chi connectivity index (χ1n) is 11.1. The van der Waals surface area contributed by atoms with Gasteiger partial charge in [-0.3, -0.25) is 14.6 Å². The number of anilines is 1. The topological polar surface area (TPSA) is 94.8 Å². The van der Waals surface area contributed by atoms with Crippen molar-refractivity contribution in [2.75, 3.05) is 58.5 Å². The molecule has 0 saturated carbocycles. The number of fused-ring (bicyclic) bond motifs is 2. The molecule has 0 spiro atoms. The van der Waals surface area contributed by atoms with Crippen molar-refractivity contribution < 1.29 is 19.0 Å². The molecule has 2 aromatic heterocycles. The van der Waals surface area contributed by atoms with Crippen LogP contribution in [0, 0.1) is 0 Å². The third kappa shape index (κ3) is 4.41. The SMILES string of the molecule is COc1ccc(OC)c2sc(N(CCN3CCOCC3)C(=O)Cn3nnc4ccccc43)nc12. The number of carbonyl (C=O) groups is 1. The zero-order chi connectivity index (χ0) is 23.5. The molecule has 3 heterocycles. The van der Waals surface area contributed by atoms with Crippen molar-refractivity contribution in [3.8, 4) is 11.5 Å². The quantitative estimate of drug-likeness (QED) is 0.378. The Morgan fingerprint density at radius 3 is 2.68 bits per heavy atom. The Morgan fingerprint density at radius 2 is 1.88 bits per heavy atom. The molecular formula is C23H26N6O4S. The van der Waals surface area contributed by atoms with E-state index in [1.807, 2.05) is 36.4 Å². The van der Waals surface area contributed by atoms with Crippen LogP contribution in [-0.4, -0.2) is 84.4 Å². The van der Waals surface area contributed by atoms with Gasteiger partial charge in [-0.2, -0.15) is 0 Å². The van der Waals surface area contributed by atoms with Crippen molar-refractivity contribution in [2.24, 2.45) is 0 Å². The molecule has 0 radical (unpaired) electrons. The van der Waals surface area contributed by atoms with Crippen LogP contribution in [0.3, 0.4) is 0 Å². The molecule has 4 aromatic rings. The van der Waals surface area contributed by atoms with Gasteiger partial charge in [0.25, 0.3) is 5.91 Å². The van der Waals surface area contributed by atoms with Crippen molar-refractivity contribution in [2.45, 2.75) is 6.54 Å². The molecule has 0 bridgehead atoms. The van der Waals surface area contributed by atoms with Crippen LogP contribution < -0.4 is 14.4 Å². The minimum atomic E-state index is -0.110. The Hall–Kier alpha value is -3.28. The molecule has 1 saturated heterocycles. The zero-order valence-electron chi connectivity index (χ0n) is 19.1. The number of hydrogen-bond donors (Lipinski definition) is 0. The molecule has 1 amide bonds. The monoisotopic (exact) mass is 482 g/mol. The lowest BCUT2D eigenvalue weighted by Crippen LogP contribution is -2.44. The van der Waals surface area contributed by atoms with Crippen molar-refractivity contribution in [3.63, 3.8) is 0 Å². The highest BCUT2D eigenvalue weighted by Gasteiger charge is 2.24. The summed E-state index contributed by atoms with van der Waals surface area (Å²) in [4.78, 5) is 22.4. The fourth-order valence-corrected chi connectivity index (χ4v) is 5.15. The summed E-state index contributed by atoms with van der Waals surface area (Å²) in [6.07, 6.45) is 0. The van der Waals surface area contributed by atoms with Crippen molar-refractivity contribution in [1.29, 1.82) is 0 Å². The van der Waals surface area contributed by atoms with Gasteiger partial charge in [0.1, 0.15) is 33.8 Å². The first kappa shape index (κ1) is 22.5. The number of amides is 1. The van der Waals surface area contributed by atoms with E-state index in [2.05, 4.69) is 15.2 Å². The molecule has 34 heavy (non-hydrogen) atoms. The number of ether oxygens (including phenoxy) is 3. The zero-order valence-corrected chi connectivity index (χ0v) is 20.0. The molecule has 1 aliphatic heterocycles. The minimum Gasteiger partial charge on any atom is -0.495 e. The van der Waals surface area contributed by atoms with E-state index >= 15 is 0 Å². The predicted molar refractivity (Wildman–Crippen MR) is 130 cm³/mol. The van der Waals surface area contributed by atoms with Gasteiger partial charge in [0.15, 0.2) is 5.13 Å². The normalized spacial score (nSPS) is 14.5.